The fourth-order valence-corrected chi connectivity index (χ4v) is 4.84. The van der Waals surface area contributed by atoms with Gasteiger partial charge in [-0.3, -0.25) is 14.3 Å². The standard InChI is InChI=1S/C24H26N6O2S/c1-6-12-28-15-25-26-24(28)33-14-21(31)20-13-16(2)29(17(20)3)22-18(4)27(5)30(23(22)32)19-10-8-7-9-11-19/h6-11,13,15H,1,12,14H2,2-5H3. The average molecular weight is 463 g/mol. The first-order valence-electron chi connectivity index (χ1n) is 10.5. The number of carbonyl (C=O) groups is 1. The van der Waals surface area contributed by atoms with E-state index in [-0.39, 0.29) is 17.1 Å². The Hall–Kier alpha value is -3.59. The predicted molar refractivity (Wildman–Crippen MR) is 130 cm³/mol. The predicted octanol–water partition coefficient (Wildman–Crippen LogP) is 3.64. The highest BCUT2D eigenvalue weighted by Crippen LogP contribution is 2.25. The molecule has 0 atom stereocenters. The molecule has 170 valence electrons. The zero-order valence-electron chi connectivity index (χ0n) is 19.1. The monoisotopic (exact) mass is 462 g/mol. The summed E-state index contributed by atoms with van der Waals surface area (Å²) >= 11 is 1.34. The topological polar surface area (TPSA) is 79.6 Å². The van der Waals surface area contributed by atoms with Crippen LogP contribution in [0.3, 0.4) is 0 Å². The van der Waals surface area contributed by atoms with Crippen LogP contribution >= 0.6 is 11.8 Å². The molecule has 9 heteroatoms. The Balaban J connectivity index is 1.69. The number of allylic oxidation sites excluding steroid dienone is 1. The van der Waals surface area contributed by atoms with Crippen molar-refractivity contribution < 1.29 is 4.79 Å². The molecule has 0 saturated heterocycles. The molecule has 0 spiro atoms. The molecule has 4 rings (SSSR count). The SMILES string of the molecule is C=CCn1cnnc1SCC(=O)c1cc(C)n(-c2c(C)n(C)n(-c3ccccc3)c2=O)c1C. The van der Waals surface area contributed by atoms with E-state index in [1.54, 1.807) is 17.1 Å². The van der Waals surface area contributed by atoms with E-state index in [9.17, 15) is 9.59 Å². The van der Waals surface area contributed by atoms with Crippen LogP contribution in [0.5, 0.6) is 0 Å². The Morgan fingerprint density at radius 2 is 1.88 bits per heavy atom. The summed E-state index contributed by atoms with van der Waals surface area (Å²) in [5.74, 6) is 0.201. The van der Waals surface area contributed by atoms with Crippen molar-refractivity contribution in [2.75, 3.05) is 5.75 Å². The molecule has 33 heavy (non-hydrogen) atoms. The zero-order chi connectivity index (χ0) is 23.7. The Kier molecular flexibility index (Phi) is 6.24. The first-order chi connectivity index (χ1) is 15.8. The van der Waals surface area contributed by atoms with Crippen molar-refractivity contribution in [1.82, 2.24) is 28.7 Å². The van der Waals surface area contributed by atoms with Crippen molar-refractivity contribution in [3.05, 3.63) is 88.4 Å². The van der Waals surface area contributed by atoms with Crippen LogP contribution in [-0.2, 0) is 13.6 Å². The van der Waals surface area contributed by atoms with Crippen LogP contribution < -0.4 is 5.56 Å². The number of para-hydroxylation sites is 1. The van der Waals surface area contributed by atoms with Gasteiger partial charge in [0, 0.05) is 30.5 Å². The van der Waals surface area contributed by atoms with Gasteiger partial charge < -0.3 is 9.13 Å². The molecule has 0 fully saturated rings. The van der Waals surface area contributed by atoms with Gasteiger partial charge in [-0.15, -0.1) is 16.8 Å². The van der Waals surface area contributed by atoms with Gasteiger partial charge in [0.2, 0.25) is 0 Å². The highest BCUT2D eigenvalue weighted by Gasteiger charge is 2.24. The number of hydrogen-bond donors (Lipinski definition) is 0. The number of thioether (sulfide) groups is 1. The van der Waals surface area contributed by atoms with Crippen molar-refractivity contribution in [3.8, 4) is 11.4 Å². The summed E-state index contributed by atoms with van der Waals surface area (Å²) in [5.41, 5.74) is 4.21. The first-order valence-corrected chi connectivity index (χ1v) is 11.5. The second kappa shape index (κ2) is 9.11. The van der Waals surface area contributed by atoms with Crippen molar-refractivity contribution in [1.29, 1.82) is 0 Å². The average Bonchev–Trinajstić information content (AvgIpc) is 3.43. The minimum atomic E-state index is -0.131. The third kappa shape index (κ3) is 4.00. The van der Waals surface area contributed by atoms with Crippen LogP contribution in [0.4, 0.5) is 0 Å². The Morgan fingerprint density at radius 1 is 1.15 bits per heavy atom. The zero-order valence-corrected chi connectivity index (χ0v) is 20.0. The third-order valence-corrected chi connectivity index (χ3v) is 6.70. The number of nitrogens with zero attached hydrogens (tertiary/aromatic N) is 6. The lowest BCUT2D eigenvalue weighted by molar-refractivity contribution is 0.102. The highest BCUT2D eigenvalue weighted by molar-refractivity contribution is 7.99. The minimum absolute atomic E-state index is 0.0236. The van der Waals surface area contributed by atoms with Crippen molar-refractivity contribution >= 4 is 17.5 Å². The maximum Gasteiger partial charge on any atom is 0.295 e. The quantitative estimate of drug-likeness (QED) is 0.227. The smallest absolute Gasteiger partial charge is 0.295 e. The molecule has 3 heterocycles. The van der Waals surface area contributed by atoms with E-state index >= 15 is 0 Å². The van der Waals surface area contributed by atoms with Crippen LogP contribution in [0.25, 0.3) is 11.4 Å². The maximum atomic E-state index is 13.5. The van der Waals surface area contributed by atoms with Gasteiger partial charge in [0.1, 0.15) is 12.0 Å². The Bertz CT molecular complexity index is 1390. The van der Waals surface area contributed by atoms with Gasteiger partial charge in [0.15, 0.2) is 10.9 Å². The van der Waals surface area contributed by atoms with Crippen LogP contribution in [0.15, 0.2) is 65.3 Å². The molecule has 0 aliphatic rings. The molecular weight excluding hydrogens is 436 g/mol. The summed E-state index contributed by atoms with van der Waals surface area (Å²) in [5, 5.41) is 8.66. The molecule has 8 nitrogen and oxygen atoms in total. The minimum Gasteiger partial charge on any atom is -0.311 e. The first kappa shape index (κ1) is 22.6. The second-order valence-corrected chi connectivity index (χ2v) is 8.74. The van der Waals surface area contributed by atoms with Gasteiger partial charge in [0.25, 0.3) is 5.56 Å². The molecular formula is C24H26N6O2S. The number of ketones is 1. The van der Waals surface area contributed by atoms with Crippen molar-refractivity contribution in [2.24, 2.45) is 7.05 Å². The molecule has 0 bridgehead atoms. The molecule has 0 radical (unpaired) electrons. The normalized spacial score (nSPS) is 11.2. The van der Waals surface area contributed by atoms with Crippen LogP contribution in [0.2, 0.25) is 0 Å². The fourth-order valence-electron chi connectivity index (χ4n) is 4.03. The lowest BCUT2D eigenvalue weighted by Gasteiger charge is -2.08. The van der Waals surface area contributed by atoms with Crippen molar-refractivity contribution in [3.63, 3.8) is 0 Å². The van der Waals surface area contributed by atoms with Gasteiger partial charge in [-0.2, -0.15) is 0 Å². The number of Topliss-reactive ketones (excluding diaryl/α,β-unsaturated/α-hetero) is 1. The lowest BCUT2D eigenvalue weighted by Crippen LogP contribution is -2.22. The molecule has 0 aliphatic carbocycles. The molecule has 0 amide bonds. The molecule has 4 aromatic rings. The number of rotatable bonds is 8. The fraction of sp³-hybridized carbons (Fsp3) is 0.250. The lowest BCUT2D eigenvalue weighted by atomic mass is 10.2. The number of benzene rings is 1. The maximum absolute atomic E-state index is 13.5. The summed E-state index contributed by atoms with van der Waals surface area (Å²) in [6, 6.07) is 11.4. The summed E-state index contributed by atoms with van der Waals surface area (Å²) in [6.45, 7) is 10.0. The van der Waals surface area contributed by atoms with E-state index < -0.39 is 0 Å². The Labute approximate surface area is 196 Å². The molecule has 0 aliphatic heterocycles. The Morgan fingerprint density at radius 3 is 2.58 bits per heavy atom. The number of aromatic nitrogens is 6. The molecule has 3 aromatic heterocycles. The largest absolute Gasteiger partial charge is 0.311 e. The van der Waals surface area contributed by atoms with E-state index in [1.165, 1.54) is 11.8 Å². The van der Waals surface area contributed by atoms with Gasteiger partial charge in [-0.1, -0.05) is 36.0 Å². The molecule has 0 N–H and O–H groups in total. The summed E-state index contributed by atoms with van der Waals surface area (Å²) in [4.78, 5) is 26.6. The number of aryl methyl sites for hydroxylation is 1. The number of hydrogen-bond acceptors (Lipinski definition) is 5. The van der Waals surface area contributed by atoms with Crippen LogP contribution in [-0.4, -0.2) is 40.2 Å². The third-order valence-electron chi connectivity index (χ3n) is 5.72. The van der Waals surface area contributed by atoms with E-state index in [1.807, 2.05) is 78.0 Å². The van der Waals surface area contributed by atoms with Crippen LogP contribution in [0, 0.1) is 20.8 Å². The van der Waals surface area contributed by atoms with Gasteiger partial charge in [-0.25, -0.2) is 4.68 Å². The number of carbonyl (C=O) groups excluding carboxylic acids is 1. The van der Waals surface area contributed by atoms with Gasteiger partial charge in [0.05, 0.1) is 17.1 Å². The van der Waals surface area contributed by atoms with Crippen molar-refractivity contribution in [2.45, 2.75) is 32.5 Å². The summed E-state index contributed by atoms with van der Waals surface area (Å²) < 4.78 is 7.21. The van der Waals surface area contributed by atoms with E-state index in [0.29, 0.717) is 23.0 Å². The van der Waals surface area contributed by atoms with Crippen LogP contribution in [0.1, 0.15) is 27.4 Å². The highest BCUT2D eigenvalue weighted by atomic mass is 32.2. The molecule has 0 unspecified atom stereocenters. The van der Waals surface area contributed by atoms with Gasteiger partial charge >= 0.3 is 0 Å². The van der Waals surface area contributed by atoms with Gasteiger partial charge in [-0.05, 0) is 39.0 Å². The van der Waals surface area contributed by atoms with E-state index in [0.717, 1.165) is 22.8 Å². The second-order valence-electron chi connectivity index (χ2n) is 7.80. The summed E-state index contributed by atoms with van der Waals surface area (Å²) in [6.07, 6.45) is 3.38. The summed E-state index contributed by atoms with van der Waals surface area (Å²) in [7, 11) is 1.86. The van der Waals surface area contributed by atoms with E-state index in [2.05, 4.69) is 16.8 Å². The molecule has 0 saturated carbocycles. The van der Waals surface area contributed by atoms with E-state index in [4.69, 9.17) is 0 Å². The molecule has 1 aromatic carbocycles.